The van der Waals surface area contributed by atoms with E-state index in [2.05, 4.69) is 0 Å². The van der Waals surface area contributed by atoms with Gasteiger partial charge in [-0.15, -0.1) is 0 Å². The van der Waals surface area contributed by atoms with E-state index in [1.807, 2.05) is 0 Å². The molecule has 22 heavy (non-hydrogen) atoms. The topological polar surface area (TPSA) is 62.6 Å². The minimum absolute atomic E-state index is 0.0106. The number of morpholine rings is 1. The molecule has 5 nitrogen and oxygen atoms in total. The number of nitriles is 1. The van der Waals surface area contributed by atoms with E-state index >= 15 is 0 Å². The Kier molecular flexibility index (Phi) is 4.67. The van der Waals surface area contributed by atoms with Crippen LogP contribution in [0.5, 0.6) is 0 Å². The van der Waals surface area contributed by atoms with Crippen LogP contribution < -0.4 is 0 Å². The molecule has 1 aliphatic rings. The zero-order chi connectivity index (χ0) is 16.3. The van der Waals surface area contributed by atoms with Crippen molar-refractivity contribution in [2.24, 2.45) is 0 Å². The molecule has 1 saturated heterocycles. The average Bonchev–Trinajstić information content (AvgIpc) is 2.45. The standard InChI is InChI=1S/C16H19FN2O3/c1-16(2,3)22-15(20)19-6-7-21-14(10-19)11-4-5-12(9-18)13(17)8-11/h4-5,8,14H,6-7,10H2,1-3H3. The maximum Gasteiger partial charge on any atom is 0.410 e. The number of halogens is 1. The average molecular weight is 306 g/mol. The van der Waals surface area contributed by atoms with E-state index in [0.29, 0.717) is 25.3 Å². The third kappa shape index (κ3) is 3.95. The number of benzene rings is 1. The lowest BCUT2D eigenvalue weighted by molar-refractivity contribution is -0.0433. The van der Waals surface area contributed by atoms with Crippen molar-refractivity contribution < 1.29 is 18.7 Å². The molecule has 0 aromatic heterocycles. The summed E-state index contributed by atoms with van der Waals surface area (Å²) in [5.74, 6) is -0.585. The minimum Gasteiger partial charge on any atom is -0.444 e. The minimum atomic E-state index is -0.585. The van der Waals surface area contributed by atoms with Crippen molar-refractivity contribution in [3.05, 3.63) is 35.1 Å². The first-order valence-electron chi connectivity index (χ1n) is 7.09. The van der Waals surface area contributed by atoms with Crippen LogP contribution in [0.25, 0.3) is 0 Å². The summed E-state index contributed by atoms with van der Waals surface area (Å²) in [4.78, 5) is 13.6. The van der Waals surface area contributed by atoms with Crippen LogP contribution in [0.2, 0.25) is 0 Å². The van der Waals surface area contributed by atoms with Crippen LogP contribution in [0, 0.1) is 17.1 Å². The van der Waals surface area contributed by atoms with E-state index in [1.165, 1.54) is 12.1 Å². The van der Waals surface area contributed by atoms with Gasteiger partial charge in [-0.1, -0.05) is 6.07 Å². The molecule has 0 spiro atoms. The van der Waals surface area contributed by atoms with E-state index in [0.717, 1.165) is 0 Å². The maximum atomic E-state index is 13.7. The van der Waals surface area contributed by atoms with Gasteiger partial charge in [0, 0.05) is 6.54 Å². The summed E-state index contributed by atoms with van der Waals surface area (Å²) in [7, 11) is 0. The van der Waals surface area contributed by atoms with Gasteiger partial charge >= 0.3 is 6.09 Å². The van der Waals surface area contributed by atoms with Crippen molar-refractivity contribution in [1.29, 1.82) is 5.26 Å². The Hall–Kier alpha value is -2.13. The van der Waals surface area contributed by atoms with Gasteiger partial charge in [0.2, 0.25) is 0 Å². The van der Waals surface area contributed by atoms with Crippen LogP contribution in [-0.2, 0) is 9.47 Å². The molecule has 1 aliphatic heterocycles. The highest BCUT2D eigenvalue weighted by atomic mass is 19.1. The molecular formula is C16H19FN2O3. The highest BCUT2D eigenvalue weighted by molar-refractivity contribution is 5.68. The van der Waals surface area contributed by atoms with Crippen LogP contribution in [0.4, 0.5) is 9.18 Å². The first-order chi connectivity index (χ1) is 10.3. The molecule has 0 aliphatic carbocycles. The summed E-state index contributed by atoms with van der Waals surface area (Å²) >= 11 is 0. The molecule has 1 amide bonds. The van der Waals surface area contributed by atoms with Crippen molar-refractivity contribution >= 4 is 6.09 Å². The first kappa shape index (κ1) is 16.2. The number of hydrogen-bond donors (Lipinski definition) is 0. The van der Waals surface area contributed by atoms with Crippen LogP contribution >= 0.6 is 0 Å². The smallest absolute Gasteiger partial charge is 0.410 e. The summed E-state index contributed by atoms with van der Waals surface area (Å²) in [6.45, 7) is 6.49. The fourth-order valence-electron chi connectivity index (χ4n) is 2.17. The third-order valence-corrected chi connectivity index (χ3v) is 3.20. The molecule has 6 heteroatoms. The summed E-state index contributed by atoms with van der Waals surface area (Å²) in [6.07, 6.45) is -0.835. The lowest BCUT2D eigenvalue weighted by Crippen LogP contribution is -2.44. The van der Waals surface area contributed by atoms with E-state index in [9.17, 15) is 9.18 Å². The van der Waals surface area contributed by atoms with Crippen molar-refractivity contribution in [2.45, 2.75) is 32.5 Å². The van der Waals surface area contributed by atoms with Gasteiger partial charge in [0.15, 0.2) is 0 Å². The highest BCUT2D eigenvalue weighted by Gasteiger charge is 2.29. The second kappa shape index (κ2) is 6.32. The lowest BCUT2D eigenvalue weighted by atomic mass is 10.1. The zero-order valence-electron chi connectivity index (χ0n) is 12.9. The molecule has 0 bridgehead atoms. The largest absolute Gasteiger partial charge is 0.444 e. The highest BCUT2D eigenvalue weighted by Crippen LogP contribution is 2.25. The molecule has 1 fully saturated rings. The Morgan fingerprint density at radius 3 is 2.82 bits per heavy atom. The summed E-state index contributed by atoms with van der Waals surface area (Å²) in [6, 6.07) is 6.12. The van der Waals surface area contributed by atoms with Gasteiger partial charge in [-0.2, -0.15) is 5.26 Å². The molecule has 1 aromatic rings. The lowest BCUT2D eigenvalue weighted by Gasteiger charge is -2.34. The molecule has 1 atom stereocenters. The van der Waals surface area contributed by atoms with E-state index in [4.69, 9.17) is 14.7 Å². The second-order valence-electron chi connectivity index (χ2n) is 6.14. The van der Waals surface area contributed by atoms with Crippen LogP contribution in [0.1, 0.15) is 38.0 Å². The Balaban J connectivity index is 2.09. The molecular weight excluding hydrogens is 287 g/mol. The molecule has 0 radical (unpaired) electrons. The number of hydrogen-bond acceptors (Lipinski definition) is 4. The zero-order valence-corrected chi connectivity index (χ0v) is 12.9. The van der Waals surface area contributed by atoms with E-state index in [1.54, 1.807) is 37.8 Å². The second-order valence-corrected chi connectivity index (χ2v) is 6.14. The summed E-state index contributed by atoms with van der Waals surface area (Å²) in [5, 5.41) is 8.75. The first-order valence-corrected chi connectivity index (χ1v) is 7.09. The van der Waals surface area contributed by atoms with E-state index in [-0.39, 0.29) is 5.56 Å². The third-order valence-electron chi connectivity index (χ3n) is 3.20. The van der Waals surface area contributed by atoms with Gasteiger partial charge in [-0.25, -0.2) is 9.18 Å². The fourth-order valence-corrected chi connectivity index (χ4v) is 2.17. The molecule has 0 saturated carbocycles. The number of nitrogens with zero attached hydrogens (tertiary/aromatic N) is 2. The predicted molar refractivity (Wildman–Crippen MR) is 77.6 cm³/mol. The van der Waals surface area contributed by atoms with Gasteiger partial charge in [-0.3, -0.25) is 0 Å². The number of amides is 1. The Morgan fingerprint density at radius 1 is 1.50 bits per heavy atom. The van der Waals surface area contributed by atoms with Crippen LogP contribution in [0.15, 0.2) is 18.2 Å². The van der Waals surface area contributed by atoms with Crippen molar-refractivity contribution in [1.82, 2.24) is 4.90 Å². The molecule has 2 rings (SSSR count). The van der Waals surface area contributed by atoms with Gasteiger partial charge in [0.25, 0.3) is 0 Å². The Bertz CT molecular complexity index is 604. The van der Waals surface area contributed by atoms with Crippen molar-refractivity contribution in [3.63, 3.8) is 0 Å². The van der Waals surface area contributed by atoms with Crippen molar-refractivity contribution in [2.75, 3.05) is 19.7 Å². The van der Waals surface area contributed by atoms with Gasteiger partial charge in [-0.05, 0) is 38.5 Å². The Labute approximate surface area is 129 Å². The number of ether oxygens (including phenoxy) is 2. The monoisotopic (exact) mass is 306 g/mol. The summed E-state index contributed by atoms with van der Waals surface area (Å²) in [5.41, 5.74) is 0.0270. The number of carbonyl (C=O) groups excluding carboxylic acids is 1. The quantitative estimate of drug-likeness (QED) is 0.800. The SMILES string of the molecule is CC(C)(C)OC(=O)N1CCOC(c2ccc(C#N)c(F)c2)C1. The van der Waals surface area contributed by atoms with Crippen LogP contribution in [-0.4, -0.2) is 36.3 Å². The fraction of sp³-hybridized carbons (Fsp3) is 0.500. The normalized spacial score (nSPS) is 18.7. The van der Waals surface area contributed by atoms with Crippen LogP contribution in [0.3, 0.4) is 0 Å². The summed E-state index contributed by atoms with van der Waals surface area (Å²) < 4.78 is 24.6. The van der Waals surface area contributed by atoms with Gasteiger partial charge < -0.3 is 14.4 Å². The predicted octanol–water partition coefficient (Wildman–Crippen LogP) is 3.01. The number of rotatable bonds is 1. The number of carbonyl (C=O) groups is 1. The Morgan fingerprint density at radius 2 is 2.23 bits per heavy atom. The maximum absolute atomic E-state index is 13.7. The van der Waals surface area contributed by atoms with Crippen molar-refractivity contribution in [3.8, 4) is 6.07 Å². The van der Waals surface area contributed by atoms with E-state index < -0.39 is 23.6 Å². The molecule has 1 aromatic carbocycles. The molecule has 1 heterocycles. The molecule has 0 N–H and O–H groups in total. The van der Waals surface area contributed by atoms with Gasteiger partial charge in [0.05, 0.1) is 18.7 Å². The van der Waals surface area contributed by atoms with Gasteiger partial charge in [0.1, 0.15) is 23.6 Å². The molecule has 118 valence electrons. The molecule has 1 unspecified atom stereocenters.